The van der Waals surface area contributed by atoms with Crippen LogP contribution < -0.4 is 15.8 Å². The van der Waals surface area contributed by atoms with E-state index < -0.39 is 17.9 Å². The number of benzene rings is 1. The van der Waals surface area contributed by atoms with Crippen LogP contribution in [0.4, 0.5) is 18.0 Å². The molecule has 0 atom stereocenters. The van der Waals surface area contributed by atoms with E-state index in [-0.39, 0.29) is 18.8 Å². The summed E-state index contributed by atoms with van der Waals surface area (Å²) in [4.78, 5) is 10.6. The van der Waals surface area contributed by atoms with Gasteiger partial charge in [0.05, 0.1) is 30.6 Å². The lowest BCUT2D eigenvalue weighted by Gasteiger charge is -2.10. The van der Waals surface area contributed by atoms with Crippen LogP contribution in [0.2, 0.25) is 0 Å². The standard InChI is InChI=1S/C20H17F3N4O3/c1-29-15-8-4-14(5-9-15)27-17(12-18(26-27)20(21,22)23)13-2-6-16(7-3-13)30-11-10-25-19(24)28/h2,4-6,8-9,12H,10-11H2,1H3,(H3,24,25,28). The quantitative estimate of drug-likeness (QED) is 0.534. The third-order valence-electron chi connectivity index (χ3n) is 3.97. The fraction of sp³-hybridized carbons (Fsp3) is 0.200. The topological polar surface area (TPSA) is 91.4 Å². The molecule has 2 aromatic rings. The first-order valence-electron chi connectivity index (χ1n) is 8.70. The third-order valence-corrected chi connectivity index (χ3v) is 3.97. The first-order chi connectivity index (χ1) is 14.3. The summed E-state index contributed by atoms with van der Waals surface area (Å²) in [5.74, 6) is 0.882. The number of nitrogens with one attached hydrogen (secondary N) is 1. The van der Waals surface area contributed by atoms with Gasteiger partial charge in [-0.25, -0.2) is 9.48 Å². The highest BCUT2D eigenvalue weighted by molar-refractivity contribution is 5.74. The van der Waals surface area contributed by atoms with Crippen LogP contribution in [-0.4, -0.2) is 36.1 Å². The Hall–Kier alpha value is -3.87. The maximum Gasteiger partial charge on any atom is 0.435 e. The number of halogens is 3. The first-order valence-corrected chi connectivity index (χ1v) is 8.70. The highest BCUT2D eigenvalue weighted by Gasteiger charge is 2.35. The number of carbonyl (C=O) groups excluding carboxylic acids is 1. The maximum atomic E-state index is 13.3. The Bertz CT molecular complexity index is 1070. The molecule has 0 bridgehead atoms. The molecule has 0 unspecified atom stereocenters. The minimum atomic E-state index is -4.60. The third kappa shape index (κ3) is 4.94. The van der Waals surface area contributed by atoms with Crippen molar-refractivity contribution in [3.63, 3.8) is 0 Å². The van der Waals surface area contributed by atoms with Gasteiger partial charge in [0.25, 0.3) is 0 Å². The molecule has 1 aromatic carbocycles. The van der Waals surface area contributed by atoms with Crippen LogP contribution >= 0.6 is 0 Å². The van der Waals surface area contributed by atoms with Gasteiger partial charge in [-0.1, -0.05) is 5.73 Å². The molecule has 1 aromatic heterocycles. The Morgan fingerprint density at radius 3 is 2.53 bits per heavy atom. The summed E-state index contributed by atoms with van der Waals surface area (Å²) in [6.07, 6.45) is -1.52. The number of alkyl halides is 3. The predicted octanol–water partition coefficient (Wildman–Crippen LogP) is 3.18. The number of nitrogens with two attached hydrogens (primary N) is 1. The molecule has 156 valence electrons. The average molecular weight is 418 g/mol. The van der Waals surface area contributed by atoms with Crippen LogP contribution in [0.3, 0.4) is 0 Å². The molecular formula is C20H17F3N4O3. The smallest absolute Gasteiger partial charge is 0.435 e. The van der Waals surface area contributed by atoms with Gasteiger partial charge in [0.2, 0.25) is 0 Å². The number of allylic oxidation sites excluding steroid dienone is 3. The molecular weight excluding hydrogens is 401 g/mol. The van der Waals surface area contributed by atoms with Crippen molar-refractivity contribution in [1.29, 1.82) is 0 Å². The Balaban J connectivity index is 1.94. The van der Waals surface area contributed by atoms with E-state index in [1.54, 1.807) is 30.3 Å². The Morgan fingerprint density at radius 1 is 1.23 bits per heavy atom. The molecule has 7 nitrogen and oxygen atoms in total. The molecule has 0 saturated heterocycles. The number of hydrogen-bond donors (Lipinski definition) is 2. The van der Waals surface area contributed by atoms with E-state index in [2.05, 4.69) is 21.9 Å². The minimum Gasteiger partial charge on any atom is -0.497 e. The molecule has 1 aliphatic rings. The molecule has 0 spiro atoms. The van der Waals surface area contributed by atoms with Crippen LogP contribution in [0, 0.1) is 0 Å². The van der Waals surface area contributed by atoms with Gasteiger partial charge in [-0.3, -0.25) is 0 Å². The number of amides is 2. The van der Waals surface area contributed by atoms with Gasteiger partial charge in [0.15, 0.2) is 11.5 Å². The summed E-state index contributed by atoms with van der Waals surface area (Å²) in [7, 11) is 1.49. The highest BCUT2D eigenvalue weighted by Crippen LogP contribution is 2.32. The Morgan fingerprint density at radius 2 is 1.97 bits per heavy atom. The van der Waals surface area contributed by atoms with Crippen molar-refractivity contribution in [3.8, 4) is 11.4 Å². The van der Waals surface area contributed by atoms with E-state index in [9.17, 15) is 18.0 Å². The van der Waals surface area contributed by atoms with Gasteiger partial charge < -0.3 is 20.5 Å². The lowest BCUT2D eigenvalue weighted by Crippen LogP contribution is -2.32. The van der Waals surface area contributed by atoms with E-state index in [1.807, 2.05) is 0 Å². The molecule has 0 fully saturated rings. The van der Waals surface area contributed by atoms with Gasteiger partial charge in [-0.05, 0) is 48.2 Å². The predicted molar refractivity (Wildman–Crippen MR) is 102 cm³/mol. The molecule has 0 radical (unpaired) electrons. The van der Waals surface area contributed by atoms with Crippen molar-refractivity contribution in [2.75, 3.05) is 20.3 Å². The second-order valence-corrected chi connectivity index (χ2v) is 6.02. The largest absolute Gasteiger partial charge is 0.497 e. The van der Waals surface area contributed by atoms with Gasteiger partial charge >= 0.3 is 12.2 Å². The summed E-state index contributed by atoms with van der Waals surface area (Å²) < 4.78 is 51.4. The molecule has 0 saturated carbocycles. The molecule has 2 amide bonds. The maximum absolute atomic E-state index is 13.3. The van der Waals surface area contributed by atoms with Crippen LogP contribution in [0.25, 0.3) is 11.3 Å². The van der Waals surface area contributed by atoms with E-state index in [1.165, 1.54) is 17.9 Å². The van der Waals surface area contributed by atoms with E-state index in [4.69, 9.17) is 15.2 Å². The zero-order valence-electron chi connectivity index (χ0n) is 15.8. The van der Waals surface area contributed by atoms with Crippen LogP contribution in [0.15, 0.2) is 59.7 Å². The van der Waals surface area contributed by atoms with Gasteiger partial charge in [-0.15, -0.1) is 0 Å². The Labute approximate surface area is 169 Å². The SMILES string of the molecule is COc1ccc(-n2nc(C(F)(F)F)cc2C2=C=C=C(OCCNC(N)=O)C=C2)cc1. The number of carbonyl (C=O) groups is 1. The normalized spacial score (nSPS) is 12.9. The van der Waals surface area contributed by atoms with Crippen molar-refractivity contribution in [2.45, 2.75) is 6.18 Å². The molecule has 1 aliphatic carbocycles. The molecule has 1 heterocycles. The van der Waals surface area contributed by atoms with E-state index in [0.29, 0.717) is 22.8 Å². The van der Waals surface area contributed by atoms with Crippen molar-refractivity contribution in [2.24, 2.45) is 5.73 Å². The summed E-state index contributed by atoms with van der Waals surface area (Å²) in [6.45, 7) is 0.346. The fourth-order valence-corrected chi connectivity index (χ4v) is 2.57. The lowest BCUT2D eigenvalue weighted by molar-refractivity contribution is -0.141. The summed E-state index contributed by atoms with van der Waals surface area (Å²) >= 11 is 0. The summed E-state index contributed by atoms with van der Waals surface area (Å²) in [5.41, 5.74) is 10.4. The van der Waals surface area contributed by atoms with Gasteiger partial charge in [-0.2, -0.15) is 18.3 Å². The van der Waals surface area contributed by atoms with Crippen LogP contribution in [0.1, 0.15) is 11.4 Å². The van der Waals surface area contributed by atoms with Crippen LogP contribution in [-0.2, 0) is 10.9 Å². The van der Waals surface area contributed by atoms with Gasteiger partial charge in [0, 0.05) is 0 Å². The van der Waals surface area contributed by atoms with Crippen molar-refractivity contribution in [1.82, 2.24) is 15.1 Å². The number of rotatable bonds is 7. The van der Waals surface area contributed by atoms with E-state index in [0.717, 1.165) is 6.07 Å². The molecule has 10 heteroatoms. The van der Waals surface area contributed by atoms with E-state index >= 15 is 0 Å². The van der Waals surface area contributed by atoms with Gasteiger partial charge in [0.1, 0.15) is 12.4 Å². The first kappa shape index (κ1) is 20.9. The second-order valence-electron chi connectivity index (χ2n) is 6.02. The monoisotopic (exact) mass is 418 g/mol. The summed E-state index contributed by atoms with van der Waals surface area (Å²) in [6, 6.07) is 6.73. The number of nitrogens with zero attached hydrogens (tertiary/aromatic N) is 2. The molecule has 3 N–H and O–H groups in total. The fourth-order valence-electron chi connectivity index (χ4n) is 2.57. The van der Waals surface area contributed by atoms with Crippen LogP contribution in [0.5, 0.6) is 5.75 Å². The minimum absolute atomic E-state index is 0.147. The van der Waals surface area contributed by atoms with Crippen molar-refractivity contribution < 1.29 is 27.4 Å². The number of urea groups is 1. The number of methoxy groups -OCH3 is 1. The average Bonchev–Trinajstić information content (AvgIpc) is 3.17. The zero-order valence-corrected chi connectivity index (χ0v) is 15.8. The lowest BCUT2D eigenvalue weighted by atomic mass is 10.1. The molecule has 3 rings (SSSR count). The number of ether oxygens (including phenoxy) is 2. The highest BCUT2D eigenvalue weighted by atomic mass is 19.4. The molecule has 0 aliphatic heterocycles. The Kier molecular flexibility index (Phi) is 6.01. The number of hydrogen-bond acceptors (Lipinski definition) is 4. The summed E-state index contributed by atoms with van der Waals surface area (Å²) in [5, 5.41) is 6.08. The zero-order chi connectivity index (χ0) is 21.7. The number of aromatic nitrogens is 2. The molecule has 30 heavy (non-hydrogen) atoms. The number of primary amides is 1. The second kappa shape index (κ2) is 8.65. The van der Waals surface area contributed by atoms with Crippen molar-refractivity contribution >= 4 is 11.6 Å². The van der Waals surface area contributed by atoms with Crippen molar-refractivity contribution in [3.05, 3.63) is 71.1 Å².